The van der Waals surface area contributed by atoms with E-state index in [0.717, 1.165) is 32.1 Å². The number of nitrogens with zero attached hydrogens (tertiary/aromatic N) is 1. The minimum atomic E-state index is -3.77. The fourth-order valence-corrected chi connectivity index (χ4v) is 8.08. The molecule has 0 radical (unpaired) electrons. The second kappa shape index (κ2) is 6.89. The highest BCUT2D eigenvalue weighted by Crippen LogP contribution is 2.59. The minimum absolute atomic E-state index is 0.0263. The summed E-state index contributed by atoms with van der Waals surface area (Å²) in [6.07, 6.45) is 5.14. The lowest BCUT2D eigenvalue weighted by molar-refractivity contribution is -0.159. The molecule has 5 nitrogen and oxygen atoms in total. The lowest BCUT2D eigenvalue weighted by Crippen LogP contribution is -2.56. The van der Waals surface area contributed by atoms with Gasteiger partial charge in [0.2, 0.25) is 10.0 Å². The van der Waals surface area contributed by atoms with Gasteiger partial charge in [0, 0.05) is 13.5 Å². The van der Waals surface area contributed by atoms with Gasteiger partial charge in [0.05, 0.1) is 16.0 Å². The van der Waals surface area contributed by atoms with Crippen LogP contribution in [-0.4, -0.2) is 41.8 Å². The molecule has 0 heterocycles. The van der Waals surface area contributed by atoms with E-state index in [-0.39, 0.29) is 16.6 Å². The van der Waals surface area contributed by atoms with Gasteiger partial charge in [0.1, 0.15) is 0 Å². The highest BCUT2D eigenvalue weighted by molar-refractivity contribution is 7.89. The molecule has 2 unspecified atom stereocenters. The first-order valence-electron chi connectivity index (χ1n) is 10.7. The van der Waals surface area contributed by atoms with Crippen molar-refractivity contribution in [1.82, 2.24) is 4.31 Å². The van der Waals surface area contributed by atoms with Gasteiger partial charge in [-0.3, -0.25) is 4.79 Å². The highest BCUT2D eigenvalue weighted by Gasteiger charge is 2.55. The van der Waals surface area contributed by atoms with Gasteiger partial charge in [-0.25, -0.2) is 8.42 Å². The maximum Gasteiger partial charge on any atom is 0.243 e. The SMILES string of the molecule is Cc1ccccc1S(=O)(=O)N(C)C(C)(C)C(=O)CC1C2CC3CC1CC(O)(C3)C2. The standard InChI is InChI=1S/C23H33NO4S/c1-15-7-5-6-8-20(15)29(27,28)24(4)22(2,3)21(25)11-19-17-9-16-10-18(19)14-23(26,12-16)13-17/h5-8,16-19,26H,9-14H2,1-4H3. The predicted octanol–water partition coefficient (Wildman–Crippen LogP) is 3.54. The van der Waals surface area contributed by atoms with Crippen LogP contribution in [0, 0.1) is 30.6 Å². The third-order valence-electron chi connectivity index (χ3n) is 8.06. The lowest BCUT2D eigenvalue weighted by Gasteiger charge is -2.58. The number of likely N-dealkylation sites (N-methyl/N-ethyl adjacent to an activating group) is 1. The van der Waals surface area contributed by atoms with Gasteiger partial charge in [-0.1, -0.05) is 18.2 Å². The molecule has 29 heavy (non-hydrogen) atoms. The molecule has 4 bridgehead atoms. The summed E-state index contributed by atoms with van der Waals surface area (Å²) < 4.78 is 27.7. The molecule has 4 aliphatic carbocycles. The van der Waals surface area contributed by atoms with Gasteiger partial charge < -0.3 is 5.11 Å². The number of aliphatic hydroxyl groups is 1. The Balaban J connectivity index is 1.53. The molecule has 160 valence electrons. The third kappa shape index (κ3) is 3.47. The predicted molar refractivity (Wildman–Crippen MR) is 112 cm³/mol. The number of Topliss-reactive ketones (excluding diaryl/α,β-unsaturated/α-hetero) is 1. The molecule has 0 aromatic heterocycles. The molecule has 0 spiro atoms. The number of carbonyl (C=O) groups is 1. The van der Waals surface area contributed by atoms with E-state index in [1.165, 1.54) is 11.4 Å². The van der Waals surface area contributed by atoms with Crippen molar-refractivity contribution in [2.24, 2.45) is 23.7 Å². The van der Waals surface area contributed by atoms with Crippen molar-refractivity contribution in [3.63, 3.8) is 0 Å². The van der Waals surface area contributed by atoms with Crippen molar-refractivity contribution in [2.45, 2.75) is 75.3 Å². The molecule has 1 N–H and O–H groups in total. The van der Waals surface area contributed by atoms with Crippen LogP contribution in [0.15, 0.2) is 29.2 Å². The largest absolute Gasteiger partial charge is 0.390 e. The van der Waals surface area contributed by atoms with Gasteiger partial charge in [0.15, 0.2) is 5.78 Å². The van der Waals surface area contributed by atoms with Gasteiger partial charge in [-0.05, 0) is 88.2 Å². The van der Waals surface area contributed by atoms with E-state index < -0.39 is 21.2 Å². The van der Waals surface area contributed by atoms with Crippen molar-refractivity contribution in [3.8, 4) is 0 Å². The molecule has 5 rings (SSSR count). The van der Waals surface area contributed by atoms with Crippen LogP contribution < -0.4 is 0 Å². The van der Waals surface area contributed by atoms with Crippen LogP contribution in [0.2, 0.25) is 0 Å². The van der Waals surface area contributed by atoms with E-state index in [2.05, 4.69) is 0 Å². The maximum absolute atomic E-state index is 13.4. The number of carbonyl (C=O) groups excluding carboxylic acids is 1. The number of rotatable bonds is 6. The van der Waals surface area contributed by atoms with Crippen molar-refractivity contribution in [3.05, 3.63) is 29.8 Å². The van der Waals surface area contributed by atoms with Gasteiger partial charge in [-0.15, -0.1) is 0 Å². The number of aryl methyl sites for hydroxylation is 1. The van der Waals surface area contributed by atoms with Crippen LogP contribution in [0.25, 0.3) is 0 Å². The first-order chi connectivity index (χ1) is 13.4. The second-order valence-corrected chi connectivity index (χ2v) is 12.2. The van der Waals surface area contributed by atoms with E-state index in [9.17, 15) is 18.3 Å². The molecular formula is C23H33NO4S. The van der Waals surface area contributed by atoms with E-state index in [0.29, 0.717) is 29.7 Å². The number of hydrogen-bond acceptors (Lipinski definition) is 4. The van der Waals surface area contributed by atoms with Gasteiger partial charge >= 0.3 is 0 Å². The third-order valence-corrected chi connectivity index (χ3v) is 10.3. The summed E-state index contributed by atoms with van der Waals surface area (Å²) in [6.45, 7) is 5.21. The monoisotopic (exact) mass is 419 g/mol. The van der Waals surface area contributed by atoms with E-state index in [1.807, 2.05) is 6.07 Å². The Morgan fingerprint density at radius 2 is 1.76 bits per heavy atom. The Morgan fingerprint density at radius 3 is 2.31 bits per heavy atom. The number of ketones is 1. The summed E-state index contributed by atoms with van der Waals surface area (Å²) in [5, 5.41) is 10.8. The van der Waals surface area contributed by atoms with Crippen LogP contribution in [0.3, 0.4) is 0 Å². The first-order valence-corrected chi connectivity index (χ1v) is 12.2. The Labute approximate surface area is 174 Å². The Morgan fingerprint density at radius 1 is 1.17 bits per heavy atom. The van der Waals surface area contributed by atoms with Crippen LogP contribution in [0.5, 0.6) is 0 Å². The molecule has 0 aliphatic heterocycles. The minimum Gasteiger partial charge on any atom is -0.390 e. The molecule has 2 atom stereocenters. The topological polar surface area (TPSA) is 74.7 Å². The average molecular weight is 420 g/mol. The summed E-state index contributed by atoms with van der Waals surface area (Å²) in [5.74, 6) is 1.63. The highest BCUT2D eigenvalue weighted by atomic mass is 32.2. The van der Waals surface area contributed by atoms with Crippen molar-refractivity contribution < 1.29 is 18.3 Å². The Bertz CT molecular complexity index is 907. The zero-order valence-corrected chi connectivity index (χ0v) is 18.7. The lowest BCUT2D eigenvalue weighted by atomic mass is 9.49. The fourth-order valence-electron chi connectivity index (χ4n) is 6.35. The van der Waals surface area contributed by atoms with Crippen LogP contribution >= 0.6 is 0 Å². The molecule has 4 fully saturated rings. The molecule has 6 heteroatoms. The number of hydrogen-bond donors (Lipinski definition) is 1. The van der Waals surface area contributed by atoms with Crippen molar-refractivity contribution in [2.75, 3.05) is 7.05 Å². The molecule has 4 aliphatic rings. The summed E-state index contributed by atoms with van der Waals surface area (Å²) in [6, 6.07) is 6.89. The van der Waals surface area contributed by atoms with E-state index in [4.69, 9.17) is 0 Å². The number of sulfonamides is 1. The first kappa shape index (κ1) is 21.0. The molecule has 1 aromatic rings. The fraction of sp³-hybridized carbons (Fsp3) is 0.696. The van der Waals surface area contributed by atoms with Crippen LogP contribution in [0.4, 0.5) is 0 Å². The van der Waals surface area contributed by atoms with Crippen LogP contribution in [-0.2, 0) is 14.8 Å². The zero-order valence-electron chi connectivity index (χ0n) is 17.9. The van der Waals surface area contributed by atoms with Gasteiger partial charge in [-0.2, -0.15) is 4.31 Å². The summed E-state index contributed by atoms with van der Waals surface area (Å²) in [7, 11) is -2.26. The average Bonchev–Trinajstić information content (AvgIpc) is 2.62. The summed E-state index contributed by atoms with van der Waals surface area (Å²) >= 11 is 0. The maximum atomic E-state index is 13.4. The summed E-state index contributed by atoms with van der Waals surface area (Å²) in [4.78, 5) is 13.6. The normalized spacial score (nSPS) is 34.0. The quantitative estimate of drug-likeness (QED) is 0.765. The smallest absolute Gasteiger partial charge is 0.243 e. The summed E-state index contributed by atoms with van der Waals surface area (Å²) in [5.41, 5.74) is -0.958. The molecule has 4 saturated carbocycles. The molecule has 1 aromatic carbocycles. The van der Waals surface area contributed by atoms with E-state index in [1.54, 1.807) is 39.0 Å². The molecular weight excluding hydrogens is 386 g/mol. The Hall–Kier alpha value is -1.24. The van der Waals surface area contributed by atoms with Crippen molar-refractivity contribution >= 4 is 15.8 Å². The van der Waals surface area contributed by atoms with Crippen LogP contribution in [0.1, 0.15) is 57.9 Å². The molecule has 0 amide bonds. The zero-order chi connectivity index (χ0) is 21.2. The molecule has 0 saturated heterocycles. The van der Waals surface area contributed by atoms with Gasteiger partial charge in [0.25, 0.3) is 0 Å². The number of benzene rings is 1. The van der Waals surface area contributed by atoms with Crippen molar-refractivity contribution in [1.29, 1.82) is 0 Å². The second-order valence-electron chi connectivity index (χ2n) is 10.3. The Kier molecular flexibility index (Phi) is 4.99. The van der Waals surface area contributed by atoms with E-state index >= 15 is 0 Å².